The lowest BCUT2D eigenvalue weighted by Gasteiger charge is -2.10. The van der Waals surface area contributed by atoms with E-state index in [0.29, 0.717) is 21.8 Å². The molecule has 2 heterocycles. The lowest BCUT2D eigenvalue weighted by atomic mass is 9.94. The summed E-state index contributed by atoms with van der Waals surface area (Å²) in [6.07, 6.45) is 0. The highest BCUT2D eigenvalue weighted by Gasteiger charge is 2.24. The molecule has 0 aliphatic carbocycles. The van der Waals surface area contributed by atoms with E-state index < -0.39 is 0 Å². The number of hydrogen-bond acceptors (Lipinski definition) is 7. The Morgan fingerprint density at radius 3 is 2.30 bits per heavy atom. The number of carbonyl (C=O) groups is 2. The number of aromatic nitrogens is 2. The summed E-state index contributed by atoms with van der Waals surface area (Å²) in [7, 11) is 1.54. The van der Waals surface area contributed by atoms with Crippen molar-refractivity contribution in [3.63, 3.8) is 0 Å². The first-order valence-electron chi connectivity index (χ1n) is 10.2. The van der Waals surface area contributed by atoms with Gasteiger partial charge < -0.3 is 4.74 Å². The average molecular weight is 471 g/mol. The van der Waals surface area contributed by atoms with Crippen LogP contribution in [-0.2, 0) is 0 Å². The van der Waals surface area contributed by atoms with E-state index >= 15 is 0 Å². The van der Waals surface area contributed by atoms with Crippen LogP contribution < -0.4 is 4.74 Å². The van der Waals surface area contributed by atoms with Crippen molar-refractivity contribution in [2.24, 2.45) is 0 Å². The van der Waals surface area contributed by atoms with Crippen LogP contribution in [0.4, 0.5) is 0 Å². The van der Waals surface area contributed by atoms with Gasteiger partial charge in [-0.2, -0.15) is 8.75 Å². The zero-order valence-corrected chi connectivity index (χ0v) is 19.5. The van der Waals surface area contributed by atoms with Crippen LogP contribution >= 0.6 is 23.1 Å². The van der Waals surface area contributed by atoms with Gasteiger partial charge in [0.2, 0.25) is 5.78 Å². The number of ketones is 2. The molecule has 162 valence electrons. The fraction of sp³-hybridized carbons (Fsp3) is 0.0769. The van der Waals surface area contributed by atoms with E-state index in [0.717, 1.165) is 32.6 Å². The summed E-state index contributed by atoms with van der Waals surface area (Å²) in [6, 6.07) is 22.9. The second-order valence-electron chi connectivity index (χ2n) is 7.49. The average Bonchev–Trinajstić information content (AvgIpc) is 3.50. The van der Waals surface area contributed by atoms with Gasteiger partial charge in [0.15, 0.2) is 5.78 Å². The fourth-order valence-electron chi connectivity index (χ4n) is 3.73. The van der Waals surface area contributed by atoms with Crippen LogP contribution in [0.5, 0.6) is 5.75 Å². The number of rotatable bonds is 6. The predicted octanol–water partition coefficient (Wildman–Crippen LogP) is 6.53. The highest BCUT2D eigenvalue weighted by atomic mass is 32.1. The van der Waals surface area contributed by atoms with E-state index in [-0.39, 0.29) is 11.6 Å². The van der Waals surface area contributed by atoms with Gasteiger partial charge in [0.25, 0.3) is 0 Å². The van der Waals surface area contributed by atoms with Gasteiger partial charge in [0, 0.05) is 16.0 Å². The molecule has 2 aromatic heterocycles. The van der Waals surface area contributed by atoms with Crippen LogP contribution in [0, 0.1) is 0 Å². The molecule has 0 saturated heterocycles. The molecule has 5 rings (SSSR count). The summed E-state index contributed by atoms with van der Waals surface area (Å²) >= 11 is 2.51. The Balaban J connectivity index is 1.61. The van der Waals surface area contributed by atoms with Crippen molar-refractivity contribution in [2.75, 3.05) is 7.11 Å². The molecule has 0 amide bonds. The van der Waals surface area contributed by atoms with Gasteiger partial charge in [0.1, 0.15) is 21.7 Å². The lowest BCUT2D eigenvalue weighted by Crippen LogP contribution is -2.08. The molecule has 0 aliphatic rings. The normalized spacial score (nSPS) is 11.0. The highest BCUT2D eigenvalue weighted by molar-refractivity contribution is 7.18. The molecule has 0 saturated carbocycles. The maximum Gasteiger partial charge on any atom is 0.207 e. The minimum absolute atomic E-state index is 0.157. The quantitative estimate of drug-likeness (QED) is 0.264. The number of nitrogens with zero attached hydrogens (tertiary/aromatic N) is 2. The third kappa shape index (κ3) is 3.97. The number of hydrogen-bond donors (Lipinski definition) is 0. The monoisotopic (exact) mass is 470 g/mol. The molecule has 7 heteroatoms. The van der Waals surface area contributed by atoms with Crippen LogP contribution in [0.25, 0.3) is 32.6 Å². The number of Topliss-reactive ketones (excluding diaryl/α,β-unsaturated/α-hetero) is 1. The Bertz CT molecular complexity index is 1500. The summed E-state index contributed by atoms with van der Waals surface area (Å²) in [4.78, 5) is 27.4. The lowest BCUT2D eigenvalue weighted by molar-refractivity contribution is 0.0990. The number of benzene rings is 3. The molecule has 3 aromatic carbocycles. The van der Waals surface area contributed by atoms with Crippen LogP contribution in [0.15, 0.2) is 72.8 Å². The van der Waals surface area contributed by atoms with Crippen molar-refractivity contribution in [1.29, 1.82) is 0 Å². The first-order chi connectivity index (χ1) is 16.0. The predicted molar refractivity (Wildman–Crippen MR) is 133 cm³/mol. The molecule has 5 aromatic rings. The number of thiophene rings is 1. The van der Waals surface area contributed by atoms with Gasteiger partial charge in [-0.05, 0) is 47.9 Å². The van der Waals surface area contributed by atoms with Crippen molar-refractivity contribution in [2.45, 2.75) is 6.92 Å². The van der Waals surface area contributed by atoms with E-state index in [1.54, 1.807) is 19.2 Å². The van der Waals surface area contributed by atoms with Gasteiger partial charge in [-0.25, -0.2) is 0 Å². The van der Waals surface area contributed by atoms with E-state index in [1.165, 1.54) is 30.0 Å². The van der Waals surface area contributed by atoms with E-state index in [1.807, 2.05) is 60.7 Å². The molecule has 0 bridgehead atoms. The summed E-state index contributed by atoms with van der Waals surface area (Å²) in [6.45, 7) is 1.47. The van der Waals surface area contributed by atoms with E-state index in [9.17, 15) is 9.59 Å². The SMILES string of the molecule is COc1cc(-c2ccc3nsnc3c2)sc1C(=O)c1cc(-c2ccccc2)ccc1C(C)=O. The molecule has 0 fully saturated rings. The first kappa shape index (κ1) is 21.2. The molecule has 5 nitrogen and oxygen atoms in total. The molecule has 0 unspecified atom stereocenters. The number of carbonyl (C=O) groups excluding carboxylic acids is 2. The van der Waals surface area contributed by atoms with Gasteiger partial charge in [-0.1, -0.05) is 48.5 Å². The van der Waals surface area contributed by atoms with Crippen molar-refractivity contribution < 1.29 is 14.3 Å². The molecule has 0 radical (unpaired) electrons. The number of methoxy groups -OCH3 is 1. The van der Waals surface area contributed by atoms with Crippen LogP contribution in [0.3, 0.4) is 0 Å². The Kier molecular flexibility index (Phi) is 5.58. The Morgan fingerprint density at radius 1 is 0.788 bits per heavy atom. The molecule has 0 atom stereocenters. The molecule has 0 aliphatic heterocycles. The van der Waals surface area contributed by atoms with Gasteiger partial charge in [-0.15, -0.1) is 11.3 Å². The van der Waals surface area contributed by atoms with Crippen LogP contribution in [0.1, 0.15) is 32.5 Å². The molecular weight excluding hydrogens is 452 g/mol. The van der Waals surface area contributed by atoms with Crippen molar-refractivity contribution in [3.05, 3.63) is 88.8 Å². The third-order valence-electron chi connectivity index (χ3n) is 5.41. The van der Waals surface area contributed by atoms with Crippen molar-refractivity contribution >= 4 is 45.7 Å². The molecule has 0 N–H and O–H groups in total. The first-order valence-corrected chi connectivity index (χ1v) is 11.8. The fourth-order valence-corrected chi connectivity index (χ4v) is 5.33. The molecular formula is C26H18N2O3S2. The Hall–Kier alpha value is -3.68. The van der Waals surface area contributed by atoms with Crippen molar-refractivity contribution in [3.8, 4) is 27.3 Å². The minimum atomic E-state index is -0.234. The standard InChI is InChI=1S/C26H18N2O3S2/c1-15(29)19-10-8-17(16-6-4-3-5-7-16)12-20(19)25(30)26-23(31-2)14-24(32-26)18-9-11-21-22(13-18)28-33-27-21/h3-14H,1-2H3. The third-order valence-corrected chi connectivity index (χ3v) is 7.13. The van der Waals surface area contributed by atoms with E-state index in [2.05, 4.69) is 8.75 Å². The number of fused-ring (bicyclic) bond motifs is 1. The smallest absolute Gasteiger partial charge is 0.207 e. The summed E-state index contributed by atoms with van der Waals surface area (Å²) in [5.41, 5.74) is 5.20. The van der Waals surface area contributed by atoms with Gasteiger partial charge in [-0.3, -0.25) is 9.59 Å². The maximum absolute atomic E-state index is 13.7. The second-order valence-corrected chi connectivity index (χ2v) is 9.07. The molecule has 33 heavy (non-hydrogen) atoms. The largest absolute Gasteiger partial charge is 0.495 e. The van der Waals surface area contributed by atoms with Crippen molar-refractivity contribution in [1.82, 2.24) is 8.75 Å². The van der Waals surface area contributed by atoms with E-state index in [4.69, 9.17) is 4.74 Å². The van der Waals surface area contributed by atoms with Crippen LogP contribution in [0.2, 0.25) is 0 Å². The zero-order chi connectivity index (χ0) is 22.9. The maximum atomic E-state index is 13.7. The zero-order valence-electron chi connectivity index (χ0n) is 17.9. The summed E-state index contributed by atoms with van der Waals surface area (Å²) < 4.78 is 14.1. The Labute approximate surface area is 198 Å². The minimum Gasteiger partial charge on any atom is -0.495 e. The Morgan fingerprint density at radius 2 is 1.55 bits per heavy atom. The highest BCUT2D eigenvalue weighted by Crippen LogP contribution is 2.39. The topological polar surface area (TPSA) is 69.2 Å². The number of ether oxygens (including phenoxy) is 1. The summed E-state index contributed by atoms with van der Waals surface area (Å²) in [5.74, 6) is 0.0915. The van der Waals surface area contributed by atoms with Crippen LogP contribution in [-0.4, -0.2) is 27.4 Å². The van der Waals surface area contributed by atoms with Gasteiger partial charge in [0.05, 0.1) is 18.8 Å². The second kappa shape index (κ2) is 8.69. The van der Waals surface area contributed by atoms with Gasteiger partial charge >= 0.3 is 0 Å². The molecule has 0 spiro atoms. The summed E-state index contributed by atoms with van der Waals surface area (Å²) in [5, 5.41) is 0.